The van der Waals surface area contributed by atoms with E-state index in [-0.39, 0.29) is 11.5 Å². The Bertz CT molecular complexity index is 926. The summed E-state index contributed by atoms with van der Waals surface area (Å²) in [5, 5.41) is 0.767. The number of alkyl halides is 3. The van der Waals surface area contributed by atoms with Gasteiger partial charge in [0, 0.05) is 36.0 Å². The number of piperidine rings is 1. The Morgan fingerprint density at radius 3 is 2.29 bits per heavy atom. The highest BCUT2D eigenvalue weighted by atomic mass is 35.5. The Balaban J connectivity index is 1.45. The Hall–Kier alpha value is -1.76. The second-order valence-corrected chi connectivity index (χ2v) is 10.7. The van der Waals surface area contributed by atoms with Crippen molar-refractivity contribution in [2.45, 2.75) is 49.8 Å². The topological polar surface area (TPSA) is 15.7 Å². The molecule has 3 nitrogen and oxygen atoms in total. The summed E-state index contributed by atoms with van der Waals surface area (Å²) in [5.74, 6) is 0.814. The Labute approximate surface area is 205 Å². The number of likely N-dealkylation sites (N-methyl/N-ethyl adjacent to an activating group) is 1. The quantitative estimate of drug-likeness (QED) is 0.416. The summed E-state index contributed by atoms with van der Waals surface area (Å²) in [4.78, 5) is 4.66. The van der Waals surface area contributed by atoms with Gasteiger partial charge in [-0.25, -0.2) is 0 Å². The molecule has 1 saturated heterocycles. The van der Waals surface area contributed by atoms with Crippen LogP contribution in [0.4, 0.5) is 13.2 Å². The van der Waals surface area contributed by atoms with Gasteiger partial charge in [0.25, 0.3) is 0 Å². The summed E-state index contributed by atoms with van der Waals surface area (Å²) >= 11 is 6.12. The number of benzene rings is 2. The van der Waals surface area contributed by atoms with E-state index in [1.165, 1.54) is 37.0 Å². The van der Waals surface area contributed by atoms with E-state index in [9.17, 15) is 13.2 Å². The Kier molecular flexibility index (Phi) is 7.80. The van der Waals surface area contributed by atoms with Gasteiger partial charge in [-0.2, -0.15) is 13.2 Å². The Morgan fingerprint density at radius 2 is 1.74 bits per heavy atom. The highest BCUT2D eigenvalue weighted by Crippen LogP contribution is 2.45. The van der Waals surface area contributed by atoms with Crippen molar-refractivity contribution in [1.82, 2.24) is 9.80 Å². The van der Waals surface area contributed by atoms with Crippen LogP contribution in [-0.2, 0) is 11.6 Å². The van der Waals surface area contributed by atoms with Crippen LogP contribution in [0.1, 0.15) is 43.2 Å². The first-order chi connectivity index (χ1) is 16.1. The van der Waals surface area contributed by atoms with E-state index in [1.807, 2.05) is 26.2 Å². The second kappa shape index (κ2) is 10.5. The maximum atomic E-state index is 12.9. The highest BCUT2D eigenvalue weighted by Gasteiger charge is 2.41. The average molecular weight is 495 g/mol. The van der Waals surface area contributed by atoms with Gasteiger partial charge in [0.05, 0.1) is 5.56 Å². The molecule has 0 spiro atoms. The van der Waals surface area contributed by atoms with Gasteiger partial charge in [-0.1, -0.05) is 30.2 Å². The fraction of sp³-hybridized carbons (Fsp3) is 0.556. The highest BCUT2D eigenvalue weighted by molar-refractivity contribution is 6.30. The fourth-order valence-corrected chi connectivity index (χ4v) is 5.58. The predicted octanol–water partition coefficient (Wildman–Crippen LogP) is 6.50. The van der Waals surface area contributed by atoms with Crippen molar-refractivity contribution < 1.29 is 17.9 Å². The summed E-state index contributed by atoms with van der Waals surface area (Å²) in [5.41, 5.74) is 0.912. The van der Waals surface area contributed by atoms with Gasteiger partial charge in [-0.3, -0.25) is 0 Å². The number of rotatable bonds is 8. The first kappa shape index (κ1) is 25.3. The van der Waals surface area contributed by atoms with Gasteiger partial charge in [0.2, 0.25) is 0 Å². The van der Waals surface area contributed by atoms with E-state index in [1.54, 1.807) is 0 Å². The van der Waals surface area contributed by atoms with Gasteiger partial charge in [-0.05, 0) is 88.3 Å². The van der Waals surface area contributed by atoms with Crippen molar-refractivity contribution in [3.05, 3.63) is 64.7 Å². The minimum Gasteiger partial charge on any atom is -0.489 e. The van der Waals surface area contributed by atoms with Gasteiger partial charge in [0.1, 0.15) is 11.9 Å². The maximum Gasteiger partial charge on any atom is 0.416 e. The van der Waals surface area contributed by atoms with Crippen LogP contribution in [0, 0.1) is 5.92 Å². The molecule has 1 unspecified atom stereocenters. The second-order valence-electron chi connectivity index (χ2n) is 10.2. The first-order valence-corrected chi connectivity index (χ1v) is 12.5. The first-order valence-electron chi connectivity index (χ1n) is 12.1. The zero-order valence-corrected chi connectivity index (χ0v) is 20.7. The van der Waals surface area contributed by atoms with E-state index in [0.717, 1.165) is 56.2 Å². The average Bonchev–Trinajstić information content (AvgIpc) is 2.76. The molecule has 0 N–H and O–H groups in total. The van der Waals surface area contributed by atoms with Crippen LogP contribution >= 0.6 is 11.6 Å². The molecule has 0 radical (unpaired) electrons. The van der Waals surface area contributed by atoms with Gasteiger partial charge in [0.15, 0.2) is 0 Å². The number of halogens is 4. The van der Waals surface area contributed by atoms with E-state index in [0.29, 0.717) is 11.7 Å². The van der Waals surface area contributed by atoms with E-state index < -0.39 is 11.7 Å². The standard InChI is InChI=1S/C27H34ClF3N2O/c1-32(2)18-25(34-24-12-8-22(9-13-24)27(29,30)31)20-5-3-16-33(17-20)19-26(14-4-15-26)21-6-10-23(28)11-7-21/h6-13,20,25H,3-5,14-19H2,1-2H3/t20?,25-/m0/s1. The third-order valence-electron chi connectivity index (χ3n) is 7.38. The lowest BCUT2D eigenvalue weighted by molar-refractivity contribution is -0.137. The smallest absolute Gasteiger partial charge is 0.416 e. The van der Waals surface area contributed by atoms with Crippen molar-refractivity contribution in [3.8, 4) is 5.75 Å². The van der Waals surface area contributed by atoms with Crippen molar-refractivity contribution >= 4 is 11.6 Å². The number of likely N-dealkylation sites (tertiary alicyclic amines) is 1. The van der Waals surface area contributed by atoms with Crippen LogP contribution in [0.5, 0.6) is 5.75 Å². The number of hydrogen-bond acceptors (Lipinski definition) is 3. The zero-order chi connectivity index (χ0) is 24.3. The Morgan fingerprint density at radius 1 is 1.06 bits per heavy atom. The molecule has 7 heteroatoms. The number of nitrogens with zero attached hydrogens (tertiary/aromatic N) is 2. The lowest BCUT2D eigenvalue weighted by atomic mass is 9.64. The summed E-state index contributed by atoms with van der Waals surface area (Å²) < 4.78 is 45.1. The third-order valence-corrected chi connectivity index (χ3v) is 7.63. The fourth-order valence-electron chi connectivity index (χ4n) is 5.45. The molecule has 1 aliphatic heterocycles. The summed E-state index contributed by atoms with van der Waals surface area (Å²) in [6.45, 7) is 3.76. The molecule has 186 valence electrons. The molecule has 1 heterocycles. The SMILES string of the molecule is CN(C)C[C@H](Oc1ccc(C(F)(F)F)cc1)C1CCCN(CC2(c3ccc(Cl)cc3)CCC2)C1. The van der Waals surface area contributed by atoms with Crippen LogP contribution in [0.2, 0.25) is 5.02 Å². The molecule has 34 heavy (non-hydrogen) atoms. The van der Waals surface area contributed by atoms with Gasteiger partial charge < -0.3 is 14.5 Å². The lowest BCUT2D eigenvalue weighted by Gasteiger charge is -2.48. The minimum atomic E-state index is -4.34. The van der Waals surface area contributed by atoms with E-state index in [2.05, 4.69) is 21.9 Å². The van der Waals surface area contributed by atoms with Crippen molar-refractivity contribution in [1.29, 1.82) is 0 Å². The maximum absolute atomic E-state index is 12.9. The predicted molar refractivity (Wildman–Crippen MR) is 131 cm³/mol. The molecular formula is C27H34ClF3N2O. The molecule has 2 aliphatic rings. The third kappa shape index (κ3) is 6.07. The number of hydrogen-bond donors (Lipinski definition) is 0. The molecule has 4 rings (SSSR count). The van der Waals surface area contributed by atoms with Crippen LogP contribution in [-0.4, -0.2) is 56.2 Å². The molecule has 2 fully saturated rings. The molecule has 2 aromatic rings. The van der Waals surface area contributed by atoms with Crippen molar-refractivity contribution in [2.75, 3.05) is 40.3 Å². The molecule has 1 saturated carbocycles. The molecule has 0 aromatic heterocycles. The summed E-state index contributed by atoms with van der Waals surface area (Å²) in [7, 11) is 4.02. The van der Waals surface area contributed by atoms with E-state index >= 15 is 0 Å². The van der Waals surface area contributed by atoms with Gasteiger partial charge >= 0.3 is 6.18 Å². The zero-order valence-electron chi connectivity index (χ0n) is 20.0. The van der Waals surface area contributed by atoms with E-state index in [4.69, 9.17) is 16.3 Å². The minimum absolute atomic E-state index is 0.0811. The lowest BCUT2D eigenvalue weighted by Crippen LogP contribution is -2.51. The normalized spacial score (nSPS) is 21.8. The number of ether oxygens (including phenoxy) is 1. The molecule has 2 atom stereocenters. The largest absolute Gasteiger partial charge is 0.489 e. The monoisotopic (exact) mass is 494 g/mol. The molecule has 1 aliphatic carbocycles. The van der Waals surface area contributed by atoms with Crippen LogP contribution in [0.25, 0.3) is 0 Å². The summed E-state index contributed by atoms with van der Waals surface area (Å²) in [6.07, 6.45) is 1.37. The van der Waals surface area contributed by atoms with Crippen LogP contribution < -0.4 is 4.74 Å². The summed E-state index contributed by atoms with van der Waals surface area (Å²) in [6, 6.07) is 13.4. The van der Waals surface area contributed by atoms with Gasteiger partial charge in [-0.15, -0.1) is 0 Å². The molecule has 2 aromatic carbocycles. The molecule has 0 amide bonds. The van der Waals surface area contributed by atoms with Crippen LogP contribution in [0.15, 0.2) is 48.5 Å². The molecular weight excluding hydrogens is 461 g/mol. The molecule has 0 bridgehead atoms. The van der Waals surface area contributed by atoms with Crippen LogP contribution in [0.3, 0.4) is 0 Å². The van der Waals surface area contributed by atoms with Crippen molar-refractivity contribution in [3.63, 3.8) is 0 Å². The van der Waals surface area contributed by atoms with Crippen molar-refractivity contribution in [2.24, 2.45) is 5.92 Å².